The van der Waals surface area contributed by atoms with Crippen LogP contribution in [0.15, 0.2) is 51.8 Å². The van der Waals surface area contributed by atoms with Gasteiger partial charge in [-0.25, -0.2) is 0 Å². The van der Waals surface area contributed by atoms with Gasteiger partial charge < -0.3 is 5.11 Å². The van der Waals surface area contributed by atoms with E-state index in [9.17, 15) is 5.11 Å². The minimum Gasteiger partial charge on any atom is -0.392 e. The SMILES string of the molecule is OCc1cc(Br)ccc1SCc1ccccc1Cl. The molecule has 0 aliphatic carbocycles. The van der Waals surface area contributed by atoms with Crippen LogP contribution in [0.4, 0.5) is 0 Å². The van der Waals surface area contributed by atoms with Gasteiger partial charge in [-0.15, -0.1) is 11.8 Å². The number of rotatable bonds is 4. The molecule has 0 radical (unpaired) electrons. The van der Waals surface area contributed by atoms with Crippen molar-refractivity contribution in [3.8, 4) is 0 Å². The molecule has 0 aromatic heterocycles. The summed E-state index contributed by atoms with van der Waals surface area (Å²) in [6, 6.07) is 13.8. The Kier molecular flexibility index (Phi) is 5.13. The Labute approximate surface area is 124 Å². The summed E-state index contributed by atoms with van der Waals surface area (Å²) in [6.07, 6.45) is 0. The lowest BCUT2D eigenvalue weighted by Crippen LogP contribution is -1.89. The van der Waals surface area contributed by atoms with Gasteiger partial charge in [0.05, 0.1) is 6.61 Å². The highest BCUT2D eigenvalue weighted by molar-refractivity contribution is 9.10. The third kappa shape index (κ3) is 3.51. The molecular weight excluding hydrogens is 332 g/mol. The Morgan fingerprint density at radius 3 is 2.61 bits per heavy atom. The molecule has 0 aliphatic heterocycles. The Balaban J connectivity index is 2.13. The highest BCUT2D eigenvalue weighted by Gasteiger charge is 2.05. The van der Waals surface area contributed by atoms with E-state index in [2.05, 4.69) is 15.9 Å². The number of hydrogen-bond acceptors (Lipinski definition) is 2. The third-order valence-corrected chi connectivity index (χ3v) is 4.56. The van der Waals surface area contributed by atoms with E-state index in [1.54, 1.807) is 11.8 Å². The summed E-state index contributed by atoms with van der Waals surface area (Å²) >= 11 is 11.2. The van der Waals surface area contributed by atoms with E-state index in [1.165, 1.54) is 0 Å². The van der Waals surface area contributed by atoms with Crippen LogP contribution in [0, 0.1) is 0 Å². The highest BCUT2D eigenvalue weighted by atomic mass is 79.9. The van der Waals surface area contributed by atoms with Crippen molar-refractivity contribution in [2.45, 2.75) is 17.3 Å². The van der Waals surface area contributed by atoms with Gasteiger partial charge in [0.1, 0.15) is 0 Å². The van der Waals surface area contributed by atoms with Gasteiger partial charge in [-0.05, 0) is 35.4 Å². The predicted molar refractivity (Wildman–Crippen MR) is 81.1 cm³/mol. The Bertz CT molecular complexity index is 545. The van der Waals surface area contributed by atoms with Gasteiger partial charge in [0, 0.05) is 20.1 Å². The highest BCUT2D eigenvalue weighted by Crippen LogP contribution is 2.30. The van der Waals surface area contributed by atoms with Crippen LogP contribution in [0.3, 0.4) is 0 Å². The van der Waals surface area contributed by atoms with Crippen LogP contribution in [0.25, 0.3) is 0 Å². The van der Waals surface area contributed by atoms with E-state index in [0.717, 1.165) is 31.3 Å². The third-order valence-electron chi connectivity index (χ3n) is 2.53. The van der Waals surface area contributed by atoms with Gasteiger partial charge in [0.2, 0.25) is 0 Å². The van der Waals surface area contributed by atoms with Crippen LogP contribution in [0.5, 0.6) is 0 Å². The first-order chi connectivity index (χ1) is 8.70. The van der Waals surface area contributed by atoms with Crippen molar-refractivity contribution < 1.29 is 5.11 Å². The molecule has 0 saturated carbocycles. The maximum absolute atomic E-state index is 9.33. The maximum atomic E-state index is 9.33. The van der Waals surface area contributed by atoms with Gasteiger partial charge in [-0.2, -0.15) is 0 Å². The van der Waals surface area contributed by atoms with Crippen molar-refractivity contribution in [3.63, 3.8) is 0 Å². The smallest absolute Gasteiger partial charge is 0.0693 e. The molecule has 4 heteroatoms. The summed E-state index contributed by atoms with van der Waals surface area (Å²) in [5.74, 6) is 0.800. The number of aliphatic hydroxyl groups is 1. The molecule has 0 spiro atoms. The van der Waals surface area contributed by atoms with Crippen molar-refractivity contribution >= 4 is 39.3 Å². The van der Waals surface area contributed by atoms with E-state index in [1.807, 2.05) is 42.5 Å². The van der Waals surface area contributed by atoms with Crippen molar-refractivity contribution in [2.75, 3.05) is 0 Å². The lowest BCUT2D eigenvalue weighted by molar-refractivity contribution is 0.279. The number of hydrogen-bond donors (Lipinski definition) is 1. The summed E-state index contributed by atoms with van der Waals surface area (Å²) in [6.45, 7) is 0.0459. The minimum absolute atomic E-state index is 0.0459. The molecule has 0 atom stereocenters. The van der Waals surface area contributed by atoms with Crippen molar-refractivity contribution in [3.05, 3.63) is 63.1 Å². The first-order valence-corrected chi connectivity index (χ1v) is 7.62. The lowest BCUT2D eigenvalue weighted by Gasteiger charge is -2.08. The number of aliphatic hydroxyl groups excluding tert-OH is 1. The molecule has 94 valence electrons. The summed E-state index contributed by atoms with van der Waals surface area (Å²) in [4.78, 5) is 1.08. The van der Waals surface area contributed by atoms with E-state index >= 15 is 0 Å². The van der Waals surface area contributed by atoms with Crippen LogP contribution in [0.1, 0.15) is 11.1 Å². The maximum Gasteiger partial charge on any atom is 0.0693 e. The van der Waals surface area contributed by atoms with E-state index < -0.39 is 0 Å². The minimum atomic E-state index is 0.0459. The summed E-state index contributed by atoms with van der Waals surface area (Å²) in [5.41, 5.74) is 2.04. The second-order valence-electron chi connectivity index (χ2n) is 3.79. The summed E-state index contributed by atoms with van der Waals surface area (Å²) in [7, 11) is 0. The Morgan fingerprint density at radius 1 is 1.11 bits per heavy atom. The summed E-state index contributed by atoms with van der Waals surface area (Å²) in [5, 5.41) is 10.1. The Hall–Kier alpha value is -0.480. The number of thioether (sulfide) groups is 1. The average Bonchev–Trinajstić information content (AvgIpc) is 2.39. The van der Waals surface area contributed by atoms with Crippen LogP contribution in [-0.2, 0) is 12.4 Å². The molecule has 0 saturated heterocycles. The molecule has 0 amide bonds. The van der Waals surface area contributed by atoms with Crippen LogP contribution in [0.2, 0.25) is 5.02 Å². The van der Waals surface area contributed by atoms with E-state index in [-0.39, 0.29) is 6.61 Å². The average molecular weight is 344 g/mol. The molecule has 0 fully saturated rings. The molecule has 2 aromatic rings. The van der Waals surface area contributed by atoms with Gasteiger partial charge in [-0.3, -0.25) is 0 Å². The quantitative estimate of drug-likeness (QED) is 0.798. The second kappa shape index (κ2) is 6.62. The Morgan fingerprint density at radius 2 is 1.89 bits per heavy atom. The molecule has 2 aromatic carbocycles. The van der Waals surface area contributed by atoms with E-state index in [0.29, 0.717) is 0 Å². The molecule has 0 unspecified atom stereocenters. The summed E-state index contributed by atoms with van der Waals surface area (Å²) < 4.78 is 0.980. The van der Waals surface area contributed by atoms with Crippen LogP contribution >= 0.6 is 39.3 Å². The van der Waals surface area contributed by atoms with E-state index in [4.69, 9.17) is 11.6 Å². The monoisotopic (exact) mass is 342 g/mol. The molecular formula is C14H12BrClOS. The van der Waals surface area contributed by atoms with Crippen molar-refractivity contribution in [1.82, 2.24) is 0 Å². The molecule has 0 aliphatic rings. The zero-order valence-corrected chi connectivity index (χ0v) is 12.7. The molecule has 18 heavy (non-hydrogen) atoms. The van der Waals surface area contributed by atoms with Gasteiger partial charge in [0.15, 0.2) is 0 Å². The first-order valence-electron chi connectivity index (χ1n) is 5.46. The normalized spacial score (nSPS) is 10.6. The van der Waals surface area contributed by atoms with Crippen LogP contribution in [-0.4, -0.2) is 5.11 Å². The van der Waals surface area contributed by atoms with Gasteiger partial charge in [-0.1, -0.05) is 45.7 Å². The van der Waals surface area contributed by atoms with Crippen molar-refractivity contribution in [2.24, 2.45) is 0 Å². The predicted octanol–water partition coefficient (Wildman–Crippen LogP) is 4.89. The largest absolute Gasteiger partial charge is 0.392 e. The molecule has 1 N–H and O–H groups in total. The first kappa shape index (κ1) is 13.9. The topological polar surface area (TPSA) is 20.2 Å². The zero-order chi connectivity index (χ0) is 13.0. The fourth-order valence-electron chi connectivity index (χ4n) is 1.58. The molecule has 2 rings (SSSR count). The van der Waals surface area contributed by atoms with Gasteiger partial charge in [0.25, 0.3) is 0 Å². The lowest BCUT2D eigenvalue weighted by atomic mass is 10.2. The van der Waals surface area contributed by atoms with Crippen molar-refractivity contribution in [1.29, 1.82) is 0 Å². The number of halogens is 2. The fraction of sp³-hybridized carbons (Fsp3) is 0.143. The van der Waals surface area contributed by atoms with Crippen LogP contribution < -0.4 is 0 Å². The van der Waals surface area contributed by atoms with Gasteiger partial charge >= 0.3 is 0 Å². The fourth-order valence-corrected chi connectivity index (χ4v) is 3.31. The zero-order valence-electron chi connectivity index (χ0n) is 9.57. The molecule has 0 bridgehead atoms. The second-order valence-corrected chi connectivity index (χ2v) is 6.13. The molecule has 1 nitrogen and oxygen atoms in total. The number of benzene rings is 2. The standard InChI is InChI=1S/C14H12BrClOS/c15-12-5-6-14(11(7-12)8-17)18-9-10-3-1-2-4-13(10)16/h1-7,17H,8-9H2. The molecule has 0 heterocycles.